The first kappa shape index (κ1) is 20.6. The van der Waals surface area contributed by atoms with Crippen LogP contribution in [-0.4, -0.2) is 27.4 Å². The van der Waals surface area contributed by atoms with Crippen LogP contribution in [0.25, 0.3) is 0 Å². The summed E-state index contributed by atoms with van der Waals surface area (Å²) in [5, 5.41) is 0. The summed E-state index contributed by atoms with van der Waals surface area (Å²) in [6.45, 7) is 0. The summed E-state index contributed by atoms with van der Waals surface area (Å²) in [6.07, 6.45) is 1.19. The summed E-state index contributed by atoms with van der Waals surface area (Å²) in [7, 11) is -2.25. The maximum absolute atomic E-state index is 12.4. The van der Waals surface area contributed by atoms with E-state index in [0.717, 1.165) is 5.56 Å². The molecular formula is C17H18Cl2N2O4S2. The molecule has 2 atom stereocenters. The van der Waals surface area contributed by atoms with E-state index in [9.17, 15) is 13.2 Å². The Morgan fingerprint density at radius 2 is 1.89 bits per heavy atom. The van der Waals surface area contributed by atoms with Crippen molar-refractivity contribution in [3.05, 3.63) is 44.6 Å². The minimum atomic E-state index is -3.76. The third kappa shape index (κ3) is 5.01. The number of ketones is 1. The molecule has 0 bridgehead atoms. The molecule has 0 spiro atoms. The number of carbonyl (C=O) groups excluding carboxylic acids is 1. The fourth-order valence-corrected chi connectivity index (χ4v) is 5.66. The Morgan fingerprint density at radius 1 is 1.19 bits per heavy atom. The van der Waals surface area contributed by atoms with E-state index in [2.05, 4.69) is 10.3 Å². The monoisotopic (exact) mass is 448 g/mol. The van der Waals surface area contributed by atoms with Crippen LogP contribution < -0.4 is 15.0 Å². The number of hydrazine groups is 1. The van der Waals surface area contributed by atoms with E-state index in [1.807, 2.05) is 0 Å². The van der Waals surface area contributed by atoms with Gasteiger partial charge >= 0.3 is 0 Å². The second kappa shape index (κ2) is 8.46. The molecule has 0 saturated heterocycles. The zero-order valence-corrected chi connectivity index (χ0v) is 17.5. The van der Waals surface area contributed by atoms with Crippen molar-refractivity contribution < 1.29 is 17.9 Å². The zero-order chi connectivity index (χ0) is 19.6. The van der Waals surface area contributed by atoms with E-state index in [4.69, 9.17) is 27.9 Å². The maximum atomic E-state index is 12.4. The first-order chi connectivity index (χ1) is 12.8. The van der Waals surface area contributed by atoms with Crippen molar-refractivity contribution in [3.63, 3.8) is 0 Å². The van der Waals surface area contributed by atoms with Crippen molar-refractivity contribution in [3.8, 4) is 5.75 Å². The van der Waals surface area contributed by atoms with Crippen molar-refractivity contribution in [2.24, 2.45) is 0 Å². The number of rotatable bonds is 6. The third-order valence-corrected chi connectivity index (χ3v) is 7.20. The molecule has 2 N–H and O–H groups in total. The Kier molecular flexibility index (Phi) is 6.45. The molecule has 1 fully saturated rings. The predicted octanol–water partition coefficient (Wildman–Crippen LogP) is 3.75. The molecule has 0 aliphatic heterocycles. The van der Waals surface area contributed by atoms with E-state index in [-0.39, 0.29) is 29.1 Å². The van der Waals surface area contributed by atoms with E-state index in [0.29, 0.717) is 27.3 Å². The summed E-state index contributed by atoms with van der Waals surface area (Å²) >= 11 is 13.5. The third-order valence-electron chi connectivity index (χ3n) is 4.41. The molecule has 1 aromatic carbocycles. The van der Waals surface area contributed by atoms with Gasteiger partial charge in [0.1, 0.15) is 11.5 Å². The van der Waals surface area contributed by atoms with Gasteiger partial charge in [0.25, 0.3) is 10.0 Å². The topological polar surface area (TPSA) is 84.5 Å². The summed E-state index contributed by atoms with van der Waals surface area (Å²) in [4.78, 5) is 14.6. The van der Waals surface area contributed by atoms with Crippen LogP contribution in [0.4, 0.5) is 0 Å². The molecule has 146 valence electrons. The van der Waals surface area contributed by atoms with Crippen molar-refractivity contribution >= 4 is 50.3 Å². The van der Waals surface area contributed by atoms with E-state index >= 15 is 0 Å². The molecule has 1 heterocycles. The number of carbonyl (C=O) groups is 1. The zero-order valence-electron chi connectivity index (χ0n) is 14.4. The average molecular weight is 449 g/mol. The minimum absolute atomic E-state index is 0.0470. The van der Waals surface area contributed by atoms with Gasteiger partial charge in [-0.3, -0.25) is 4.79 Å². The van der Waals surface area contributed by atoms with Crippen molar-refractivity contribution in [2.75, 3.05) is 7.11 Å². The lowest BCUT2D eigenvalue weighted by molar-refractivity contribution is -0.121. The smallest absolute Gasteiger partial charge is 0.253 e. The highest BCUT2D eigenvalue weighted by Crippen LogP contribution is 2.41. The summed E-state index contributed by atoms with van der Waals surface area (Å²) in [5.41, 5.74) is 3.62. The lowest BCUT2D eigenvalue weighted by atomic mass is 9.82. The van der Waals surface area contributed by atoms with Crippen molar-refractivity contribution in [2.45, 2.75) is 36.1 Å². The minimum Gasteiger partial charge on any atom is -0.497 e. The Morgan fingerprint density at radius 3 is 2.48 bits per heavy atom. The van der Waals surface area contributed by atoms with Gasteiger partial charge in [0, 0.05) is 18.9 Å². The quantitative estimate of drug-likeness (QED) is 0.657. The van der Waals surface area contributed by atoms with Crippen LogP contribution in [0.3, 0.4) is 0 Å². The molecule has 27 heavy (non-hydrogen) atoms. The highest BCUT2D eigenvalue weighted by molar-refractivity contribution is 7.89. The van der Waals surface area contributed by atoms with Gasteiger partial charge in [-0.05, 0) is 48.2 Å². The van der Waals surface area contributed by atoms with Gasteiger partial charge in [0.05, 0.1) is 20.7 Å². The standard InChI is InChI=1S/C17H18Cl2N2O4S2/c1-25-13-2-4-14(5-3-13)27(23,24)21-20-11-6-10(7-12(22)8-11)15-9-16(18)26-17(15)19/h2-5,9-11,20-21H,6-8H2,1H3. The van der Waals surface area contributed by atoms with Crippen molar-refractivity contribution in [1.29, 1.82) is 0 Å². The van der Waals surface area contributed by atoms with Crippen LogP contribution in [0.2, 0.25) is 8.67 Å². The second-order valence-electron chi connectivity index (χ2n) is 6.28. The molecule has 1 saturated carbocycles. The molecule has 3 rings (SSSR count). The molecule has 6 nitrogen and oxygen atoms in total. The Labute approximate surface area is 171 Å². The van der Waals surface area contributed by atoms with E-state index in [1.54, 1.807) is 18.2 Å². The summed E-state index contributed by atoms with van der Waals surface area (Å²) in [6, 6.07) is 7.47. The molecule has 0 amide bonds. The first-order valence-electron chi connectivity index (χ1n) is 8.16. The van der Waals surface area contributed by atoms with Crippen LogP contribution in [0.5, 0.6) is 5.75 Å². The number of halogens is 2. The van der Waals surface area contributed by atoms with Crippen LogP contribution in [0.15, 0.2) is 35.2 Å². The molecular weight excluding hydrogens is 431 g/mol. The number of Topliss-reactive ketones (excluding diaryl/α,β-unsaturated/α-hetero) is 1. The number of methoxy groups -OCH3 is 1. The fourth-order valence-electron chi connectivity index (χ4n) is 3.10. The number of hydrogen-bond donors (Lipinski definition) is 2. The number of ether oxygens (including phenoxy) is 1. The van der Waals surface area contributed by atoms with Gasteiger partial charge < -0.3 is 4.74 Å². The number of benzene rings is 1. The Balaban J connectivity index is 1.67. The maximum Gasteiger partial charge on any atom is 0.253 e. The normalized spacial score (nSPS) is 20.6. The number of thiophene rings is 1. The van der Waals surface area contributed by atoms with Gasteiger partial charge in [-0.15, -0.1) is 16.2 Å². The second-order valence-corrected chi connectivity index (χ2v) is 10.2. The average Bonchev–Trinajstić information content (AvgIpc) is 2.98. The molecule has 1 aliphatic carbocycles. The molecule has 2 aromatic rings. The van der Waals surface area contributed by atoms with Gasteiger partial charge in [-0.2, -0.15) is 0 Å². The fraction of sp³-hybridized carbons (Fsp3) is 0.353. The lowest BCUT2D eigenvalue weighted by Gasteiger charge is -2.29. The molecule has 0 radical (unpaired) electrons. The lowest BCUT2D eigenvalue weighted by Crippen LogP contribution is -2.47. The van der Waals surface area contributed by atoms with Gasteiger partial charge in [0.15, 0.2) is 0 Å². The van der Waals surface area contributed by atoms with Crippen molar-refractivity contribution in [1.82, 2.24) is 10.3 Å². The van der Waals surface area contributed by atoms with Gasteiger partial charge in [-0.25, -0.2) is 13.8 Å². The molecule has 10 heteroatoms. The SMILES string of the molecule is COc1ccc(S(=O)(=O)NNC2CC(=O)CC(c3cc(Cl)sc3Cl)C2)cc1. The molecule has 2 unspecified atom stereocenters. The van der Waals surface area contributed by atoms with Crippen LogP contribution in [0.1, 0.15) is 30.7 Å². The van der Waals surface area contributed by atoms with E-state index in [1.165, 1.54) is 30.6 Å². The summed E-state index contributed by atoms with van der Waals surface area (Å²) < 4.78 is 31.0. The Bertz CT molecular complexity index is 929. The van der Waals surface area contributed by atoms with Crippen LogP contribution in [0, 0.1) is 0 Å². The number of nitrogens with one attached hydrogen (secondary N) is 2. The highest BCUT2D eigenvalue weighted by Gasteiger charge is 2.31. The summed E-state index contributed by atoms with van der Waals surface area (Å²) in [5.74, 6) is 0.519. The Hall–Kier alpha value is -1.16. The van der Waals surface area contributed by atoms with Gasteiger partial charge in [-0.1, -0.05) is 23.2 Å². The predicted molar refractivity (Wildman–Crippen MR) is 106 cm³/mol. The van der Waals surface area contributed by atoms with Crippen LogP contribution in [-0.2, 0) is 14.8 Å². The van der Waals surface area contributed by atoms with Crippen LogP contribution >= 0.6 is 34.5 Å². The number of sulfonamides is 1. The largest absolute Gasteiger partial charge is 0.497 e. The van der Waals surface area contributed by atoms with Gasteiger partial charge in [0.2, 0.25) is 0 Å². The highest BCUT2D eigenvalue weighted by atomic mass is 35.5. The number of hydrogen-bond acceptors (Lipinski definition) is 6. The molecule has 1 aliphatic rings. The molecule has 1 aromatic heterocycles. The first-order valence-corrected chi connectivity index (χ1v) is 11.2. The van der Waals surface area contributed by atoms with E-state index < -0.39 is 10.0 Å².